The van der Waals surface area contributed by atoms with Crippen molar-refractivity contribution in [2.24, 2.45) is 0 Å². The van der Waals surface area contributed by atoms with E-state index >= 15 is 0 Å². The molecule has 36 heavy (non-hydrogen) atoms. The van der Waals surface area contributed by atoms with Crippen molar-refractivity contribution in [2.75, 3.05) is 18.8 Å². The van der Waals surface area contributed by atoms with E-state index < -0.39 is 5.82 Å². The molecule has 1 aliphatic heterocycles. The molecule has 2 aromatic carbocycles. The van der Waals surface area contributed by atoms with E-state index in [1.54, 1.807) is 18.5 Å². The highest BCUT2D eigenvalue weighted by atomic mass is 19.1. The second-order valence-electron chi connectivity index (χ2n) is 10.2. The van der Waals surface area contributed by atoms with Crippen LogP contribution in [0.15, 0.2) is 47.5 Å². The van der Waals surface area contributed by atoms with E-state index in [9.17, 15) is 9.18 Å². The molecule has 0 bridgehead atoms. The average Bonchev–Trinajstić information content (AvgIpc) is 3.36. The lowest BCUT2D eigenvalue weighted by Gasteiger charge is -2.42. The molecular weight excluding hydrogens is 455 g/mol. The van der Waals surface area contributed by atoms with E-state index in [1.165, 1.54) is 30.9 Å². The van der Waals surface area contributed by atoms with E-state index in [1.807, 2.05) is 6.07 Å². The van der Waals surface area contributed by atoms with Crippen LogP contribution < -0.4 is 11.3 Å². The summed E-state index contributed by atoms with van der Waals surface area (Å²) in [6.45, 7) is 2.20. The lowest BCUT2D eigenvalue weighted by atomic mass is 9.83. The molecule has 5 aromatic rings. The van der Waals surface area contributed by atoms with Crippen LogP contribution in [0.5, 0.6) is 0 Å². The Kier molecular flexibility index (Phi) is 4.86. The van der Waals surface area contributed by atoms with Crippen LogP contribution in [-0.4, -0.2) is 44.2 Å². The molecule has 4 N–H and O–H groups in total. The molecule has 4 heterocycles. The lowest BCUT2D eigenvalue weighted by molar-refractivity contribution is 0.0977. The minimum atomic E-state index is -0.398. The molecule has 1 saturated heterocycles. The number of aromatic amines is 2. The van der Waals surface area contributed by atoms with Gasteiger partial charge in [0.15, 0.2) is 0 Å². The van der Waals surface area contributed by atoms with Crippen LogP contribution >= 0.6 is 0 Å². The van der Waals surface area contributed by atoms with Crippen molar-refractivity contribution in [1.29, 1.82) is 0 Å². The van der Waals surface area contributed by atoms with Crippen molar-refractivity contribution >= 4 is 38.4 Å². The number of piperidine rings is 1. The molecule has 7 rings (SSSR count). The zero-order valence-corrected chi connectivity index (χ0v) is 19.9. The second-order valence-corrected chi connectivity index (χ2v) is 10.2. The highest BCUT2D eigenvalue weighted by Crippen LogP contribution is 2.42. The number of nitrogens with two attached hydrogens (primary N) is 1. The number of H-pyrrole nitrogens is 2. The summed E-state index contributed by atoms with van der Waals surface area (Å²) in [6, 6.07) is 10.0. The molecule has 7 nitrogen and oxygen atoms in total. The van der Waals surface area contributed by atoms with Gasteiger partial charge in [0.2, 0.25) is 0 Å². The number of halogens is 1. The summed E-state index contributed by atoms with van der Waals surface area (Å²) in [6.07, 6.45) is 9.50. The fraction of sp³-hybridized carbons (Fsp3) is 0.321. The van der Waals surface area contributed by atoms with Gasteiger partial charge in [0.1, 0.15) is 17.0 Å². The number of anilines is 1. The van der Waals surface area contributed by atoms with Gasteiger partial charge >= 0.3 is 0 Å². The number of nitrogens with one attached hydrogen (secondary N) is 2. The molecular formula is C28H27FN6O. The van der Waals surface area contributed by atoms with Gasteiger partial charge in [0.05, 0.1) is 17.2 Å². The third-order valence-electron chi connectivity index (χ3n) is 8.34. The van der Waals surface area contributed by atoms with Gasteiger partial charge in [-0.05, 0) is 74.0 Å². The fourth-order valence-electron chi connectivity index (χ4n) is 6.21. The lowest BCUT2D eigenvalue weighted by Crippen LogP contribution is -2.44. The zero-order chi connectivity index (χ0) is 24.4. The first-order chi connectivity index (χ1) is 17.6. The van der Waals surface area contributed by atoms with Crippen LogP contribution in [0.25, 0.3) is 43.8 Å². The van der Waals surface area contributed by atoms with Crippen LogP contribution in [0.3, 0.4) is 0 Å². The summed E-state index contributed by atoms with van der Waals surface area (Å²) in [4.78, 5) is 23.4. The number of fused-ring (bicyclic) bond motifs is 4. The largest absolute Gasteiger partial charge is 0.394 e. The molecule has 1 aliphatic carbocycles. The van der Waals surface area contributed by atoms with Crippen LogP contribution in [0.4, 0.5) is 10.1 Å². The quantitative estimate of drug-likeness (QED) is 0.312. The predicted molar refractivity (Wildman–Crippen MR) is 141 cm³/mol. The van der Waals surface area contributed by atoms with Gasteiger partial charge in [-0.3, -0.25) is 14.9 Å². The minimum Gasteiger partial charge on any atom is -0.394 e. The molecule has 1 saturated carbocycles. The molecule has 0 spiro atoms. The fourth-order valence-corrected chi connectivity index (χ4v) is 6.21. The maximum atomic E-state index is 14.5. The predicted octanol–water partition coefficient (Wildman–Crippen LogP) is 5.07. The van der Waals surface area contributed by atoms with E-state index in [-0.39, 0.29) is 11.2 Å². The van der Waals surface area contributed by atoms with E-state index in [0.717, 1.165) is 48.3 Å². The molecule has 0 amide bonds. The number of likely N-dealkylation sites (tertiary alicyclic amines) is 1. The molecule has 2 aliphatic rings. The first kappa shape index (κ1) is 21.5. The molecule has 0 unspecified atom stereocenters. The first-order valence-corrected chi connectivity index (χ1v) is 12.7. The Hall–Kier alpha value is -3.78. The molecule has 0 atom stereocenters. The number of nitrogen functional groups attached to an aromatic ring is 1. The van der Waals surface area contributed by atoms with Crippen molar-refractivity contribution in [1.82, 2.24) is 25.1 Å². The van der Waals surface area contributed by atoms with Gasteiger partial charge in [-0.2, -0.15) is 5.10 Å². The maximum Gasteiger partial charge on any atom is 0.272 e. The zero-order valence-electron chi connectivity index (χ0n) is 19.9. The second kappa shape index (κ2) is 8.13. The van der Waals surface area contributed by atoms with E-state index in [4.69, 9.17) is 10.7 Å². The maximum absolute atomic E-state index is 14.5. The Morgan fingerprint density at radius 2 is 1.86 bits per heavy atom. The number of aromatic nitrogens is 4. The molecule has 182 valence electrons. The smallest absolute Gasteiger partial charge is 0.272 e. The van der Waals surface area contributed by atoms with Crippen molar-refractivity contribution in [2.45, 2.75) is 44.1 Å². The van der Waals surface area contributed by atoms with Gasteiger partial charge in [0, 0.05) is 34.0 Å². The third-order valence-corrected chi connectivity index (χ3v) is 8.34. The number of hydrogen-bond donors (Lipinski definition) is 3. The highest BCUT2D eigenvalue weighted by molar-refractivity contribution is 6.14. The first-order valence-electron chi connectivity index (χ1n) is 12.7. The van der Waals surface area contributed by atoms with Gasteiger partial charge in [-0.25, -0.2) is 4.39 Å². The topological polar surface area (TPSA) is 104 Å². The Morgan fingerprint density at radius 1 is 1.03 bits per heavy atom. The van der Waals surface area contributed by atoms with Gasteiger partial charge in [0.25, 0.3) is 5.56 Å². The Morgan fingerprint density at radius 3 is 2.64 bits per heavy atom. The summed E-state index contributed by atoms with van der Waals surface area (Å²) >= 11 is 0. The third kappa shape index (κ3) is 3.17. The van der Waals surface area contributed by atoms with Crippen molar-refractivity contribution in [3.63, 3.8) is 0 Å². The van der Waals surface area contributed by atoms with Crippen molar-refractivity contribution in [3.05, 3.63) is 64.5 Å². The molecule has 3 aromatic heterocycles. The Balaban J connectivity index is 1.46. The average molecular weight is 483 g/mol. The van der Waals surface area contributed by atoms with Crippen LogP contribution in [0, 0.1) is 5.82 Å². The van der Waals surface area contributed by atoms with Gasteiger partial charge < -0.3 is 15.6 Å². The Bertz CT molecular complexity index is 1690. The summed E-state index contributed by atoms with van der Waals surface area (Å²) < 4.78 is 14.5. The molecule has 0 radical (unpaired) electrons. The van der Waals surface area contributed by atoms with Crippen LogP contribution in [0.2, 0.25) is 0 Å². The van der Waals surface area contributed by atoms with Gasteiger partial charge in [-0.1, -0.05) is 18.6 Å². The summed E-state index contributed by atoms with van der Waals surface area (Å²) in [5.74, 6) is -0.00872. The number of pyridine rings is 2. The van der Waals surface area contributed by atoms with Crippen molar-refractivity contribution in [3.8, 4) is 11.1 Å². The summed E-state index contributed by atoms with van der Waals surface area (Å²) in [5, 5.41) is 9.24. The molecule has 8 heteroatoms. The SMILES string of the molecule is Nc1c(-c2ccc(F)c3[nH]ncc23)c2cc(C3CCN(C4CCC4)CC3)c3cccnc3c2[nH]c1=O. The van der Waals surface area contributed by atoms with Crippen molar-refractivity contribution < 1.29 is 4.39 Å². The standard InChI is InChI=1S/C28H27FN6O/c29-22-7-6-17(21-14-32-34-25(21)22)23-20-13-19(15-8-11-35(12-9-15)16-3-1-4-16)18-5-2-10-31-26(18)27(20)33-28(36)24(23)30/h2,5-7,10,13-16H,1,3-4,8-9,11-12,30H2,(H,32,34)(H,33,36). The number of hydrogen-bond acceptors (Lipinski definition) is 5. The van der Waals surface area contributed by atoms with E-state index in [0.29, 0.717) is 33.5 Å². The van der Waals surface area contributed by atoms with Crippen LogP contribution in [-0.2, 0) is 0 Å². The summed E-state index contributed by atoms with van der Waals surface area (Å²) in [5.41, 5.74) is 10.4. The minimum absolute atomic E-state index is 0.109. The molecule has 2 fully saturated rings. The van der Waals surface area contributed by atoms with E-state index in [2.05, 4.69) is 32.2 Å². The number of nitrogens with zero attached hydrogens (tertiary/aromatic N) is 3. The summed E-state index contributed by atoms with van der Waals surface area (Å²) in [7, 11) is 0. The van der Waals surface area contributed by atoms with Crippen LogP contribution in [0.1, 0.15) is 43.6 Å². The Labute approximate surface area is 206 Å². The number of benzene rings is 2. The highest BCUT2D eigenvalue weighted by Gasteiger charge is 2.30. The normalized spacial score (nSPS) is 17.8. The number of rotatable bonds is 3. The van der Waals surface area contributed by atoms with Gasteiger partial charge in [-0.15, -0.1) is 0 Å². The monoisotopic (exact) mass is 482 g/mol.